The van der Waals surface area contributed by atoms with Gasteiger partial charge in [0.15, 0.2) is 0 Å². The number of amides is 2. The Hall–Kier alpha value is -2.75. The molecule has 0 saturated carbocycles. The van der Waals surface area contributed by atoms with Gasteiger partial charge in [0, 0.05) is 33.6 Å². The van der Waals surface area contributed by atoms with Crippen LogP contribution < -0.4 is 10.1 Å². The van der Waals surface area contributed by atoms with Crippen LogP contribution in [0.2, 0.25) is 5.02 Å². The fourth-order valence-electron chi connectivity index (χ4n) is 3.54. The van der Waals surface area contributed by atoms with Crippen LogP contribution in [0, 0.1) is 5.92 Å². The largest absolute Gasteiger partial charge is 0.573 e. The number of aryl methyl sites for hydroxylation is 1. The number of rotatable bonds is 6. The summed E-state index contributed by atoms with van der Waals surface area (Å²) in [7, 11) is 1.60. The van der Waals surface area contributed by atoms with Crippen molar-refractivity contribution in [3.05, 3.63) is 46.2 Å². The van der Waals surface area contributed by atoms with E-state index in [9.17, 15) is 22.8 Å². The monoisotopic (exact) mass is 458 g/mol. The van der Waals surface area contributed by atoms with Crippen molar-refractivity contribution in [1.82, 2.24) is 20.0 Å². The van der Waals surface area contributed by atoms with E-state index in [-0.39, 0.29) is 29.3 Å². The highest BCUT2D eigenvalue weighted by molar-refractivity contribution is 6.32. The average molecular weight is 459 g/mol. The molecule has 11 heteroatoms. The number of benzene rings is 1. The quantitative estimate of drug-likeness (QED) is 0.719. The van der Waals surface area contributed by atoms with Gasteiger partial charge in [-0.3, -0.25) is 14.3 Å². The molecule has 1 atom stereocenters. The zero-order valence-electron chi connectivity index (χ0n) is 17.0. The van der Waals surface area contributed by atoms with Crippen LogP contribution in [0.4, 0.5) is 13.2 Å². The predicted molar refractivity (Wildman–Crippen MR) is 107 cm³/mol. The third-order valence-electron chi connectivity index (χ3n) is 5.04. The molecular weight excluding hydrogens is 437 g/mol. The van der Waals surface area contributed by atoms with Gasteiger partial charge in [-0.15, -0.1) is 13.2 Å². The van der Waals surface area contributed by atoms with Crippen LogP contribution in [0.5, 0.6) is 5.75 Å². The molecule has 0 bridgehead atoms. The molecule has 168 valence electrons. The zero-order chi connectivity index (χ0) is 22.8. The van der Waals surface area contributed by atoms with Crippen LogP contribution in [-0.2, 0) is 24.3 Å². The topological polar surface area (TPSA) is 76.5 Å². The van der Waals surface area contributed by atoms with Crippen LogP contribution in [0.3, 0.4) is 0 Å². The summed E-state index contributed by atoms with van der Waals surface area (Å²) in [5.41, 5.74) is 1.84. The van der Waals surface area contributed by atoms with Crippen LogP contribution in [0.1, 0.15) is 35.0 Å². The molecule has 2 amide bonds. The minimum absolute atomic E-state index is 0.0968. The van der Waals surface area contributed by atoms with Crippen molar-refractivity contribution < 1.29 is 27.5 Å². The number of ether oxygens (including phenoxy) is 1. The first-order chi connectivity index (χ1) is 14.5. The number of halogens is 4. The molecule has 0 aliphatic carbocycles. The zero-order valence-corrected chi connectivity index (χ0v) is 17.8. The lowest BCUT2D eigenvalue weighted by molar-refractivity contribution is -0.274. The van der Waals surface area contributed by atoms with Gasteiger partial charge in [-0.1, -0.05) is 17.7 Å². The Kier molecular flexibility index (Phi) is 6.78. The number of hydrogen-bond donors (Lipinski definition) is 1. The van der Waals surface area contributed by atoms with E-state index in [0.717, 1.165) is 18.2 Å². The second-order valence-corrected chi connectivity index (χ2v) is 7.90. The summed E-state index contributed by atoms with van der Waals surface area (Å²) >= 11 is 5.89. The molecule has 0 fully saturated rings. The number of alkyl halides is 3. The van der Waals surface area contributed by atoms with E-state index in [1.54, 1.807) is 11.7 Å². The number of nitrogens with one attached hydrogen (secondary N) is 1. The van der Waals surface area contributed by atoms with Gasteiger partial charge in [-0.05, 0) is 36.5 Å². The fraction of sp³-hybridized carbons (Fsp3) is 0.450. The number of hydrogen-bond acceptors (Lipinski definition) is 4. The summed E-state index contributed by atoms with van der Waals surface area (Å²) < 4.78 is 42.8. The summed E-state index contributed by atoms with van der Waals surface area (Å²) in [6.07, 6.45) is -1.84. The van der Waals surface area contributed by atoms with E-state index >= 15 is 0 Å². The normalized spacial score (nSPS) is 15.9. The SMILES string of the molecule is CC(=O)NCC1CCn2ncc(C(=O)N(C)Cc3ccc(OC(F)(F)F)c(Cl)c3)c2C1. The molecule has 1 N–H and O–H groups in total. The molecule has 31 heavy (non-hydrogen) atoms. The van der Waals surface area contributed by atoms with Crippen molar-refractivity contribution in [2.24, 2.45) is 5.92 Å². The van der Waals surface area contributed by atoms with Crippen molar-refractivity contribution in [1.29, 1.82) is 0 Å². The van der Waals surface area contributed by atoms with Crippen molar-refractivity contribution in [2.45, 2.75) is 39.2 Å². The Labute approximate surface area is 182 Å². The molecule has 2 aromatic rings. The lowest BCUT2D eigenvalue weighted by Crippen LogP contribution is -2.33. The van der Waals surface area contributed by atoms with Gasteiger partial charge in [0.25, 0.3) is 5.91 Å². The molecule has 1 aliphatic rings. The first kappa shape index (κ1) is 22.9. The number of carbonyl (C=O) groups is 2. The van der Waals surface area contributed by atoms with Gasteiger partial charge >= 0.3 is 6.36 Å². The number of aromatic nitrogens is 2. The Balaban J connectivity index is 1.68. The Morgan fingerprint density at radius 3 is 2.77 bits per heavy atom. The highest BCUT2D eigenvalue weighted by Gasteiger charge is 2.32. The third-order valence-corrected chi connectivity index (χ3v) is 5.33. The minimum Gasteiger partial charge on any atom is -0.404 e. The van der Waals surface area contributed by atoms with E-state index in [1.165, 1.54) is 30.2 Å². The van der Waals surface area contributed by atoms with Crippen molar-refractivity contribution in [2.75, 3.05) is 13.6 Å². The molecule has 1 unspecified atom stereocenters. The van der Waals surface area contributed by atoms with Crippen LogP contribution in [-0.4, -0.2) is 46.4 Å². The van der Waals surface area contributed by atoms with E-state index in [2.05, 4.69) is 15.2 Å². The Morgan fingerprint density at radius 1 is 1.39 bits per heavy atom. The minimum atomic E-state index is -4.84. The first-order valence-electron chi connectivity index (χ1n) is 9.62. The van der Waals surface area contributed by atoms with Crippen LogP contribution >= 0.6 is 11.6 Å². The van der Waals surface area contributed by atoms with Gasteiger partial charge in [0.05, 0.1) is 22.5 Å². The maximum absolute atomic E-state index is 13.0. The van der Waals surface area contributed by atoms with Crippen LogP contribution in [0.25, 0.3) is 0 Å². The Bertz CT molecular complexity index is 977. The highest BCUT2D eigenvalue weighted by Crippen LogP contribution is 2.31. The standard InChI is InChI=1S/C20H22ClF3N4O3/c1-12(29)25-9-13-5-6-28-17(8-13)15(10-26-28)19(30)27(2)11-14-3-4-18(16(21)7-14)31-20(22,23)24/h3-4,7,10,13H,5-6,8-9,11H2,1-2H3,(H,25,29). The Morgan fingerprint density at radius 2 is 2.13 bits per heavy atom. The van der Waals surface area contributed by atoms with E-state index in [4.69, 9.17) is 11.6 Å². The number of carbonyl (C=O) groups excluding carboxylic acids is 2. The van der Waals surface area contributed by atoms with Crippen molar-refractivity contribution >= 4 is 23.4 Å². The number of nitrogens with zero attached hydrogens (tertiary/aromatic N) is 3. The second-order valence-electron chi connectivity index (χ2n) is 7.50. The lowest BCUT2D eigenvalue weighted by Gasteiger charge is -2.25. The summed E-state index contributed by atoms with van der Waals surface area (Å²) in [6.45, 7) is 2.80. The second kappa shape index (κ2) is 9.17. The number of fused-ring (bicyclic) bond motifs is 1. The van der Waals surface area contributed by atoms with Crippen molar-refractivity contribution in [3.63, 3.8) is 0 Å². The van der Waals surface area contributed by atoms with Gasteiger partial charge < -0.3 is 15.0 Å². The molecule has 1 aliphatic heterocycles. The van der Waals surface area contributed by atoms with E-state index in [0.29, 0.717) is 30.6 Å². The van der Waals surface area contributed by atoms with Gasteiger partial charge in [0.1, 0.15) is 5.75 Å². The highest BCUT2D eigenvalue weighted by atomic mass is 35.5. The summed E-state index contributed by atoms with van der Waals surface area (Å²) in [4.78, 5) is 25.6. The lowest BCUT2D eigenvalue weighted by atomic mass is 9.94. The van der Waals surface area contributed by atoms with Crippen molar-refractivity contribution in [3.8, 4) is 5.75 Å². The van der Waals surface area contributed by atoms with E-state index in [1.807, 2.05) is 0 Å². The molecule has 7 nitrogen and oxygen atoms in total. The third kappa shape index (κ3) is 5.90. The molecule has 1 aromatic carbocycles. The smallest absolute Gasteiger partial charge is 0.404 e. The molecular formula is C20H22ClF3N4O3. The molecule has 3 rings (SSSR count). The predicted octanol–water partition coefficient (Wildman–Crippen LogP) is 3.41. The van der Waals surface area contributed by atoms with E-state index < -0.39 is 12.1 Å². The molecule has 0 saturated heterocycles. The maximum atomic E-state index is 13.0. The summed E-state index contributed by atoms with van der Waals surface area (Å²) in [6, 6.07) is 3.88. The van der Waals surface area contributed by atoms with Gasteiger partial charge in [-0.25, -0.2) is 0 Å². The van der Waals surface area contributed by atoms with Gasteiger partial charge in [-0.2, -0.15) is 5.10 Å². The molecule has 0 radical (unpaired) electrons. The molecule has 2 heterocycles. The summed E-state index contributed by atoms with van der Waals surface area (Å²) in [5.74, 6) is -0.638. The fourth-order valence-corrected chi connectivity index (χ4v) is 3.78. The summed E-state index contributed by atoms with van der Waals surface area (Å²) in [5, 5.41) is 6.91. The van der Waals surface area contributed by atoms with Gasteiger partial charge in [0.2, 0.25) is 5.91 Å². The average Bonchev–Trinajstić information content (AvgIpc) is 3.10. The van der Waals surface area contributed by atoms with Crippen LogP contribution in [0.15, 0.2) is 24.4 Å². The maximum Gasteiger partial charge on any atom is 0.573 e. The molecule has 1 aromatic heterocycles. The molecule has 0 spiro atoms. The first-order valence-corrected chi connectivity index (χ1v) is 10.00.